The van der Waals surface area contributed by atoms with Crippen molar-refractivity contribution in [3.05, 3.63) is 0 Å². The molecule has 5 atom stereocenters. The van der Waals surface area contributed by atoms with Crippen molar-refractivity contribution in [1.82, 2.24) is 0 Å². The summed E-state index contributed by atoms with van der Waals surface area (Å²) in [6, 6.07) is 0. The van der Waals surface area contributed by atoms with Gasteiger partial charge in [0, 0.05) is 6.61 Å². The normalized spacial score (nSPS) is 46.3. The van der Waals surface area contributed by atoms with Crippen LogP contribution in [0.2, 0.25) is 0 Å². The van der Waals surface area contributed by atoms with Crippen LogP contribution >= 0.6 is 0 Å². The van der Waals surface area contributed by atoms with Crippen LogP contribution in [0, 0.1) is 41.4 Å². The Kier molecular flexibility index (Phi) is 6.46. The number of aliphatic hydroxyl groups is 1. The zero-order valence-electron chi connectivity index (χ0n) is 15.7. The first-order chi connectivity index (χ1) is 11.2. The Labute approximate surface area is 144 Å². The molecule has 0 bridgehead atoms. The summed E-state index contributed by atoms with van der Waals surface area (Å²) in [7, 11) is 0. The SMILES string of the molecule is CC1CCC(C2CCC(C3CCCC(CO)CC3)C(C)C2)CC1. The molecular weight excluding hydrogens is 280 g/mol. The zero-order chi connectivity index (χ0) is 16.2. The molecule has 134 valence electrons. The topological polar surface area (TPSA) is 20.2 Å². The summed E-state index contributed by atoms with van der Waals surface area (Å²) in [6.45, 7) is 5.44. The lowest BCUT2D eigenvalue weighted by molar-refractivity contribution is 0.0779. The van der Waals surface area contributed by atoms with Crippen molar-refractivity contribution in [2.24, 2.45) is 41.4 Å². The smallest absolute Gasteiger partial charge is 0.0459 e. The van der Waals surface area contributed by atoms with Crippen molar-refractivity contribution < 1.29 is 5.11 Å². The van der Waals surface area contributed by atoms with Crippen LogP contribution in [0.15, 0.2) is 0 Å². The van der Waals surface area contributed by atoms with Gasteiger partial charge in [-0.15, -0.1) is 0 Å². The van der Waals surface area contributed by atoms with Gasteiger partial charge in [-0.1, -0.05) is 39.5 Å². The molecule has 0 aromatic rings. The van der Waals surface area contributed by atoms with Gasteiger partial charge in [0.25, 0.3) is 0 Å². The second kappa shape index (κ2) is 8.37. The average Bonchev–Trinajstić information content (AvgIpc) is 2.81. The van der Waals surface area contributed by atoms with E-state index in [1.807, 2.05) is 0 Å². The average molecular weight is 321 g/mol. The number of hydrogen-bond acceptors (Lipinski definition) is 1. The summed E-state index contributed by atoms with van der Waals surface area (Å²) < 4.78 is 0. The molecule has 0 aromatic carbocycles. The second-order valence-electron chi connectivity index (χ2n) is 9.55. The van der Waals surface area contributed by atoms with Crippen LogP contribution in [-0.4, -0.2) is 11.7 Å². The zero-order valence-corrected chi connectivity index (χ0v) is 15.7. The van der Waals surface area contributed by atoms with E-state index < -0.39 is 0 Å². The Balaban J connectivity index is 1.50. The van der Waals surface area contributed by atoms with E-state index in [-0.39, 0.29) is 0 Å². The van der Waals surface area contributed by atoms with Crippen molar-refractivity contribution >= 4 is 0 Å². The fraction of sp³-hybridized carbons (Fsp3) is 1.00. The van der Waals surface area contributed by atoms with Crippen molar-refractivity contribution in [2.75, 3.05) is 6.61 Å². The van der Waals surface area contributed by atoms with Gasteiger partial charge in [0.1, 0.15) is 0 Å². The van der Waals surface area contributed by atoms with E-state index in [9.17, 15) is 5.11 Å². The third-order valence-corrected chi connectivity index (χ3v) is 8.00. The molecule has 0 aromatic heterocycles. The van der Waals surface area contributed by atoms with Gasteiger partial charge in [-0.2, -0.15) is 0 Å². The molecule has 1 N–H and O–H groups in total. The van der Waals surface area contributed by atoms with Crippen molar-refractivity contribution in [2.45, 2.75) is 90.9 Å². The number of hydrogen-bond donors (Lipinski definition) is 1. The first-order valence-corrected chi connectivity index (χ1v) is 10.8. The van der Waals surface area contributed by atoms with Gasteiger partial charge in [0.05, 0.1) is 0 Å². The van der Waals surface area contributed by atoms with E-state index in [1.54, 1.807) is 0 Å². The predicted octanol–water partition coefficient (Wildman–Crippen LogP) is 6.05. The van der Waals surface area contributed by atoms with E-state index in [0.717, 1.165) is 35.5 Å². The predicted molar refractivity (Wildman–Crippen MR) is 98.3 cm³/mol. The fourth-order valence-electron chi connectivity index (χ4n) is 6.36. The third-order valence-electron chi connectivity index (χ3n) is 8.00. The van der Waals surface area contributed by atoms with Gasteiger partial charge in [0.2, 0.25) is 0 Å². The Hall–Kier alpha value is -0.0400. The van der Waals surface area contributed by atoms with E-state index in [2.05, 4.69) is 13.8 Å². The molecule has 0 heterocycles. The van der Waals surface area contributed by atoms with Crippen LogP contribution < -0.4 is 0 Å². The van der Waals surface area contributed by atoms with Gasteiger partial charge in [-0.25, -0.2) is 0 Å². The molecule has 0 aliphatic heterocycles. The van der Waals surface area contributed by atoms with E-state index in [0.29, 0.717) is 12.5 Å². The summed E-state index contributed by atoms with van der Waals surface area (Å²) in [5, 5.41) is 9.46. The molecule has 0 spiro atoms. The molecule has 23 heavy (non-hydrogen) atoms. The lowest BCUT2D eigenvalue weighted by Gasteiger charge is -2.43. The second-order valence-corrected chi connectivity index (χ2v) is 9.55. The fourth-order valence-corrected chi connectivity index (χ4v) is 6.36. The molecule has 3 saturated carbocycles. The minimum atomic E-state index is 0.426. The van der Waals surface area contributed by atoms with Crippen molar-refractivity contribution in [3.8, 4) is 0 Å². The summed E-state index contributed by atoms with van der Waals surface area (Å²) in [4.78, 5) is 0. The molecule has 3 aliphatic carbocycles. The maximum atomic E-state index is 9.46. The summed E-state index contributed by atoms with van der Waals surface area (Å²) in [5.41, 5.74) is 0. The van der Waals surface area contributed by atoms with Gasteiger partial charge in [-0.3, -0.25) is 0 Å². The number of aliphatic hydroxyl groups excluding tert-OH is 1. The summed E-state index contributed by atoms with van der Waals surface area (Å²) in [6.07, 6.45) is 17.3. The van der Waals surface area contributed by atoms with Crippen LogP contribution in [0.5, 0.6) is 0 Å². The Bertz CT molecular complexity index is 344. The molecule has 1 heteroatoms. The van der Waals surface area contributed by atoms with E-state index in [1.165, 1.54) is 77.0 Å². The molecule has 0 saturated heterocycles. The van der Waals surface area contributed by atoms with Gasteiger partial charge >= 0.3 is 0 Å². The largest absolute Gasteiger partial charge is 0.396 e. The van der Waals surface area contributed by atoms with Crippen LogP contribution in [0.1, 0.15) is 90.9 Å². The van der Waals surface area contributed by atoms with Gasteiger partial charge < -0.3 is 5.11 Å². The highest BCUT2D eigenvalue weighted by atomic mass is 16.3. The van der Waals surface area contributed by atoms with Crippen LogP contribution in [0.25, 0.3) is 0 Å². The molecular formula is C22H40O. The molecule has 3 rings (SSSR count). The monoisotopic (exact) mass is 320 g/mol. The minimum Gasteiger partial charge on any atom is -0.396 e. The van der Waals surface area contributed by atoms with Crippen LogP contribution in [0.4, 0.5) is 0 Å². The minimum absolute atomic E-state index is 0.426. The van der Waals surface area contributed by atoms with E-state index >= 15 is 0 Å². The Morgan fingerprint density at radius 2 is 1.39 bits per heavy atom. The summed E-state index contributed by atoms with van der Waals surface area (Å²) in [5.74, 6) is 6.61. The first-order valence-electron chi connectivity index (χ1n) is 10.8. The molecule has 3 fully saturated rings. The molecule has 3 aliphatic rings. The maximum absolute atomic E-state index is 9.46. The highest BCUT2D eigenvalue weighted by Gasteiger charge is 2.37. The number of rotatable bonds is 3. The van der Waals surface area contributed by atoms with Gasteiger partial charge in [0.15, 0.2) is 0 Å². The van der Waals surface area contributed by atoms with Crippen molar-refractivity contribution in [1.29, 1.82) is 0 Å². The molecule has 0 amide bonds. The third kappa shape index (κ3) is 4.53. The highest BCUT2D eigenvalue weighted by Crippen LogP contribution is 2.47. The Morgan fingerprint density at radius 3 is 2.09 bits per heavy atom. The molecule has 0 radical (unpaired) electrons. The standard InChI is InChI=1S/C22H40O/c1-16-6-9-19(10-7-16)21-12-13-22(17(2)14-21)20-5-3-4-18(15-23)8-11-20/h16-23H,3-15H2,1-2H3. The quantitative estimate of drug-likeness (QED) is 0.627. The lowest BCUT2D eigenvalue weighted by atomic mass is 9.63. The van der Waals surface area contributed by atoms with Gasteiger partial charge in [-0.05, 0) is 92.8 Å². The van der Waals surface area contributed by atoms with Crippen LogP contribution in [0.3, 0.4) is 0 Å². The lowest BCUT2D eigenvalue weighted by Crippen LogP contribution is -2.33. The molecule has 5 unspecified atom stereocenters. The first kappa shape index (κ1) is 17.8. The highest BCUT2D eigenvalue weighted by molar-refractivity contribution is 4.87. The maximum Gasteiger partial charge on any atom is 0.0459 e. The summed E-state index contributed by atoms with van der Waals surface area (Å²) >= 11 is 0. The van der Waals surface area contributed by atoms with Crippen molar-refractivity contribution in [3.63, 3.8) is 0 Å². The molecule has 1 nitrogen and oxygen atoms in total. The van der Waals surface area contributed by atoms with Crippen LogP contribution in [-0.2, 0) is 0 Å². The van der Waals surface area contributed by atoms with E-state index in [4.69, 9.17) is 0 Å². The Morgan fingerprint density at radius 1 is 0.696 bits per heavy atom.